The summed E-state index contributed by atoms with van der Waals surface area (Å²) in [5.74, 6) is -1.10. The van der Waals surface area contributed by atoms with Crippen LogP contribution in [0.4, 0.5) is 0 Å². The van der Waals surface area contributed by atoms with Crippen molar-refractivity contribution in [3.8, 4) is 0 Å². The van der Waals surface area contributed by atoms with E-state index in [0.29, 0.717) is 11.8 Å². The molecule has 2 rings (SSSR count). The van der Waals surface area contributed by atoms with Gasteiger partial charge in [-0.05, 0) is 72.1 Å². The van der Waals surface area contributed by atoms with Crippen molar-refractivity contribution < 1.29 is 16.0 Å². The van der Waals surface area contributed by atoms with Crippen molar-refractivity contribution in [1.29, 1.82) is 0 Å². The fraction of sp³-hybridized carbons (Fsp3) is 0.831. The molecule has 0 saturated carbocycles. The van der Waals surface area contributed by atoms with E-state index < -0.39 is 25.8 Å². The quantitative estimate of drug-likeness (QED) is 0.0529. The Morgan fingerprint density at radius 3 is 0.871 bits per heavy atom. The maximum Gasteiger partial charge on any atom is 0.342 e. The summed E-state index contributed by atoms with van der Waals surface area (Å²) in [6.45, 7) is 6.87. The van der Waals surface area contributed by atoms with Gasteiger partial charge in [0.05, 0.1) is 9.13 Å². The van der Waals surface area contributed by atoms with Crippen LogP contribution in [0.2, 0.25) is 0 Å². The van der Waals surface area contributed by atoms with Gasteiger partial charge in [-0.1, -0.05) is 322 Å². The molecule has 70 heavy (non-hydrogen) atoms. The maximum atomic E-state index is 13.0. The molecule has 0 amide bonds. The molecule has 5 heteroatoms. The van der Waals surface area contributed by atoms with Gasteiger partial charge in [-0.2, -0.15) is 0 Å². The van der Waals surface area contributed by atoms with Crippen LogP contribution in [0.5, 0.6) is 0 Å². The highest BCUT2D eigenvalue weighted by Crippen LogP contribution is 2.37. The summed E-state index contributed by atoms with van der Waals surface area (Å²) in [7, 11) is 0. The summed E-state index contributed by atoms with van der Waals surface area (Å²) in [6, 6.07) is 6.26. The number of benzene rings is 2. The predicted molar refractivity (Wildman–Crippen MR) is 315 cm³/mol. The lowest BCUT2D eigenvalue weighted by Crippen LogP contribution is -2.08. The zero-order chi connectivity index (χ0) is 50.4. The van der Waals surface area contributed by atoms with Crippen LogP contribution in [-0.4, -0.2) is 11.1 Å². The summed E-state index contributed by atoms with van der Waals surface area (Å²) in [4.78, 5) is 13.0. The van der Waals surface area contributed by atoms with Crippen molar-refractivity contribution in [1.82, 2.24) is 0 Å². The zero-order valence-electron chi connectivity index (χ0n) is 46.8. The minimum Gasteiger partial charge on any atom is -0.478 e. The predicted octanol–water partition coefficient (Wildman–Crippen LogP) is 23.3. The summed E-state index contributed by atoms with van der Waals surface area (Å²) >= 11 is -4.08. The number of carboxylic acids is 1. The zero-order valence-corrected chi connectivity index (χ0v) is 49.0. The first-order chi connectivity index (χ1) is 34.5. The van der Waals surface area contributed by atoms with E-state index in [4.69, 9.17) is 0 Å². The lowest BCUT2D eigenvalue weighted by atomic mass is 9.88. The van der Waals surface area contributed by atoms with E-state index in [1.54, 1.807) is 0 Å². The molecule has 0 spiro atoms. The molecule has 0 radical (unpaired) electrons. The van der Waals surface area contributed by atoms with E-state index in [9.17, 15) is 16.0 Å². The van der Waals surface area contributed by atoms with Crippen LogP contribution in [-0.2, 0) is 25.4 Å². The van der Waals surface area contributed by atoms with Gasteiger partial charge in [0, 0.05) is 0 Å². The average molecular weight is 1090 g/mol. The Bertz CT molecular complexity index is 1590. The van der Waals surface area contributed by atoms with Gasteiger partial charge in [-0.3, -0.25) is 0 Å². The Labute approximate surface area is 442 Å². The van der Waals surface area contributed by atoms with E-state index in [1.807, 2.05) is 6.07 Å². The molecule has 0 aliphatic carbocycles. The number of hydrogen-bond acceptors (Lipinski definition) is 3. The standard InChI is InChI=1S/C65H115IO4/c1-4-7-10-13-16-19-22-25-28-31-34-37-40-43-46-49-52-58-55-56-61-62(60(58)54-51-48-45-42-39-36-33-30-27-24-21-18-15-12-9-6-3)57-59(64(66(69)70)63(61)65(67)68)53-50-47-44-41-38-35-32-29-26-23-20-17-14-11-8-5-2/h55-57H,4-54H2,1-3H3,(H,67,68). The Morgan fingerprint density at radius 1 is 0.343 bits per heavy atom. The van der Waals surface area contributed by atoms with Gasteiger partial charge < -0.3 is 5.11 Å². The largest absolute Gasteiger partial charge is 0.478 e. The first-order valence-corrected chi connectivity index (χ1v) is 34.2. The van der Waals surface area contributed by atoms with Crippen LogP contribution in [0, 0.1) is 3.57 Å². The molecule has 0 aromatic heterocycles. The van der Waals surface area contributed by atoms with E-state index in [0.717, 1.165) is 55.9 Å². The maximum absolute atomic E-state index is 13.0. The number of rotatable bonds is 53. The topological polar surface area (TPSA) is 71.4 Å². The highest BCUT2D eigenvalue weighted by molar-refractivity contribution is 14.2. The smallest absolute Gasteiger partial charge is 0.342 e. The van der Waals surface area contributed by atoms with Crippen LogP contribution in [0.15, 0.2) is 18.2 Å². The molecule has 2 aromatic carbocycles. The van der Waals surface area contributed by atoms with Gasteiger partial charge in [0.1, 0.15) is 0 Å². The van der Waals surface area contributed by atoms with Crippen molar-refractivity contribution in [2.45, 2.75) is 348 Å². The normalized spacial score (nSPS) is 11.8. The fourth-order valence-electron chi connectivity index (χ4n) is 11.3. The van der Waals surface area contributed by atoms with Crippen molar-refractivity contribution in [2.24, 2.45) is 0 Å². The summed E-state index contributed by atoms with van der Waals surface area (Å²) in [5.41, 5.74) is 3.46. The first kappa shape index (κ1) is 64.6. The van der Waals surface area contributed by atoms with Gasteiger partial charge in [0.15, 0.2) is 0 Å². The average Bonchev–Trinajstić information content (AvgIpc) is 3.35. The minimum atomic E-state index is -4.08. The molecular formula is C65H115IO4. The number of halogens is 1. The number of hydrogen-bond donors (Lipinski definition) is 1. The van der Waals surface area contributed by atoms with Crippen LogP contribution in [0.3, 0.4) is 0 Å². The monoisotopic (exact) mass is 1090 g/mol. The molecule has 4 nitrogen and oxygen atoms in total. The molecule has 0 heterocycles. The molecule has 406 valence electrons. The lowest BCUT2D eigenvalue weighted by molar-refractivity contribution is 0.0697. The van der Waals surface area contributed by atoms with Crippen LogP contribution in [0.25, 0.3) is 10.8 Å². The highest BCUT2D eigenvalue weighted by Gasteiger charge is 2.24. The molecule has 0 unspecified atom stereocenters. The van der Waals surface area contributed by atoms with Gasteiger partial charge >= 0.3 is 25.8 Å². The van der Waals surface area contributed by atoms with Crippen LogP contribution < -0.4 is 0 Å². The van der Waals surface area contributed by atoms with Crippen LogP contribution in [0.1, 0.15) is 356 Å². The molecule has 0 atom stereocenters. The Morgan fingerprint density at radius 2 is 0.600 bits per heavy atom. The van der Waals surface area contributed by atoms with Gasteiger partial charge in [-0.15, -0.1) is 0 Å². The molecule has 2 aromatic rings. The number of unbranched alkanes of at least 4 members (excludes halogenated alkanes) is 45. The van der Waals surface area contributed by atoms with Gasteiger partial charge in [0.2, 0.25) is 0 Å². The second-order valence-electron chi connectivity index (χ2n) is 22.2. The first-order valence-electron chi connectivity index (χ1n) is 31.3. The van der Waals surface area contributed by atoms with Crippen molar-refractivity contribution in [2.75, 3.05) is 0 Å². The van der Waals surface area contributed by atoms with Crippen molar-refractivity contribution in [3.63, 3.8) is 0 Å². The molecule has 0 fully saturated rings. The summed E-state index contributed by atoms with van der Waals surface area (Å²) in [6.07, 6.45) is 66.7. The number of aromatic carboxylic acids is 1. The third kappa shape index (κ3) is 32.6. The fourth-order valence-corrected chi connectivity index (χ4v) is 13.2. The SMILES string of the molecule is CCCCCCCCCCCCCCCCCCc1cc2c(CCCCCCCCCCCCCCCCCC)c(CCCCCCCCCCCCCCCCCC)ccc2c(C(=O)O)c1I(=O)=O. The molecular weight excluding hydrogens is 972 g/mol. The molecule has 0 aliphatic rings. The number of fused-ring (bicyclic) bond motifs is 1. The van der Waals surface area contributed by atoms with E-state index in [2.05, 4.69) is 32.9 Å². The second-order valence-corrected chi connectivity index (χ2v) is 24.5. The van der Waals surface area contributed by atoms with Crippen molar-refractivity contribution in [3.05, 3.63) is 44.0 Å². The Balaban J connectivity index is 1.96. The third-order valence-corrected chi connectivity index (χ3v) is 17.9. The number of carbonyl (C=O) groups is 1. The highest BCUT2D eigenvalue weighted by atomic mass is 127. The molecule has 0 bridgehead atoms. The molecule has 0 aliphatic heterocycles. The van der Waals surface area contributed by atoms with Crippen LogP contribution >= 0.6 is 19.8 Å². The Hall–Kier alpha value is -1.50. The lowest BCUT2D eigenvalue weighted by Gasteiger charge is -2.18. The van der Waals surface area contributed by atoms with Crippen molar-refractivity contribution >= 4 is 36.5 Å². The minimum absolute atomic E-state index is 0.0429. The summed E-state index contributed by atoms with van der Waals surface area (Å²) < 4.78 is 26.1. The van der Waals surface area contributed by atoms with E-state index in [1.165, 1.54) is 287 Å². The molecule has 1 N–H and O–H groups in total. The molecule has 0 saturated heterocycles. The van der Waals surface area contributed by atoms with Gasteiger partial charge in [0.25, 0.3) is 0 Å². The third-order valence-electron chi connectivity index (χ3n) is 15.8. The van der Waals surface area contributed by atoms with E-state index >= 15 is 0 Å². The second kappa shape index (κ2) is 47.2. The summed E-state index contributed by atoms with van der Waals surface area (Å²) in [5, 5.41) is 12.3. The number of carboxylic acid groups (broad SMARTS) is 1. The number of aryl methyl sites for hydroxylation is 3. The van der Waals surface area contributed by atoms with E-state index in [-0.39, 0.29) is 9.13 Å². The van der Waals surface area contributed by atoms with Gasteiger partial charge in [-0.25, -0.2) is 10.9 Å². The Kier molecular flexibility index (Phi) is 43.6.